The Bertz CT molecular complexity index is 314. The highest BCUT2D eigenvalue weighted by molar-refractivity contribution is 6.32. The molecule has 0 saturated carbocycles. The van der Waals surface area contributed by atoms with Crippen molar-refractivity contribution in [1.29, 1.82) is 0 Å². The molecule has 0 spiro atoms. The molecule has 0 amide bonds. The van der Waals surface area contributed by atoms with Gasteiger partial charge in [0.1, 0.15) is 19.4 Å². The van der Waals surface area contributed by atoms with Gasteiger partial charge in [0.05, 0.1) is 12.2 Å². The number of hydrogen-bond acceptors (Lipinski definition) is 2. The van der Waals surface area contributed by atoms with E-state index in [0.717, 1.165) is 0 Å². The van der Waals surface area contributed by atoms with E-state index in [0.29, 0.717) is 24.2 Å². The first-order valence-corrected chi connectivity index (χ1v) is 4.78. The maximum atomic E-state index is 12.9. The van der Waals surface area contributed by atoms with Crippen LogP contribution in [-0.4, -0.2) is 25.2 Å². The first-order chi connectivity index (χ1) is 6.87. The van der Waals surface area contributed by atoms with Gasteiger partial charge in [0.2, 0.25) is 0 Å². The summed E-state index contributed by atoms with van der Waals surface area (Å²) in [4.78, 5) is 0. The van der Waals surface area contributed by atoms with Crippen LogP contribution in [0.2, 0.25) is 0 Å². The monoisotopic (exact) mass is 208 g/mol. The molecule has 0 bridgehead atoms. The standard InChI is InChI=1S/C11H14BFO2/c1-11(2,14)3-4-15-10-6-8(12)5-9(13)7-10/h5-7,14H,3-4H2,1-2H3. The molecule has 0 unspecified atom stereocenters. The van der Waals surface area contributed by atoms with Crippen molar-refractivity contribution in [2.24, 2.45) is 0 Å². The second kappa shape index (κ2) is 4.66. The molecule has 0 aromatic heterocycles. The van der Waals surface area contributed by atoms with Crippen molar-refractivity contribution in [2.75, 3.05) is 6.61 Å². The first kappa shape index (κ1) is 12.0. The van der Waals surface area contributed by atoms with E-state index in [-0.39, 0.29) is 0 Å². The minimum Gasteiger partial charge on any atom is -0.493 e. The quantitative estimate of drug-likeness (QED) is 0.752. The maximum Gasteiger partial charge on any atom is 0.126 e. The Hall–Kier alpha value is -1.03. The first-order valence-electron chi connectivity index (χ1n) is 4.78. The van der Waals surface area contributed by atoms with Gasteiger partial charge >= 0.3 is 0 Å². The smallest absolute Gasteiger partial charge is 0.126 e. The summed E-state index contributed by atoms with van der Waals surface area (Å²) in [5.41, 5.74) is -0.452. The van der Waals surface area contributed by atoms with Crippen molar-refractivity contribution >= 4 is 13.3 Å². The van der Waals surface area contributed by atoms with Crippen molar-refractivity contribution in [1.82, 2.24) is 0 Å². The van der Waals surface area contributed by atoms with E-state index in [1.54, 1.807) is 19.9 Å². The molecule has 0 atom stereocenters. The van der Waals surface area contributed by atoms with Crippen LogP contribution in [0.5, 0.6) is 5.75 Å². The van der Waals surface area contributed by atoms with Crippen molar-refractivity contribution in [3.8, 4) is 5.75 Å². The molecule has 1 aromatic rings. The molecule has 15 heavy (non-hydrogen) atoms. The lowest BCUT2D eigenvalue weighted by Crippen LogP contribution is -2.22. The summed E-state index contributed by atoms with van der Waals surface area (Å²) in [5.74, 6) is -0.0370. The zero-order valence-electron chi connectivity index (χ0n) is 8.96. The third-order valence-corrected chi connectivity index (χ3v) is 1.88. The SMILES string of the molecule is [B]c1cc(F)cc(OCCC(C)(C)O)c1. The van der Waals surface area contributed by atoms with Crippen LogP contribution in [0.3, 0.4) is 0 Å². The van der Waals surface area contributed by atoms with Gasteiger partial charge in [-0.1, -0.05) is 5.46 Å². The molecule has 0 heterocycles. The highest BCUT2D eigenvalue weighted by Crippen LogP contribution is 2.13. The summed E-state index contributed by atoms with van der Waals surface area (Å²) in [5, 5.41) is 9.43. The zero-order valence-corrected chi connectivity index (χ0v) is 8.96. The molecule has 0 aliphatic rings. The van der Waals surface area contributed by atoms with E-state index in [4.69, 9.17) is 12.6 Å². The number of hydrogen-bond donors (Lipinski definition) is 1. The molecule has 4 heteroatoms. The number of halogens is 1. The minimum absolute atomic E-state index is 0.326. The second-order valence-electron chi connectivity index (χ2n) is 4.13. The zero-order chi connectivity index (χ0) is 11.5. The fourth-order valence-corrected chi connectivity index (χ4v) is 1.09. The molecule has 0 saturated heterocycles. The van der Waals surface area contributed by atoms with Crippen molar-refractivity contribution < 1.29 is 14.2 Å². The number of rotatable bonds is 4. The van der Waals surface area contributed by atoms with Crippen molar-refractivity contribution in [3.63, 3.8) is 0 Å². The molecular formula is C11H14BFO2. The summed E-state index contributed by atoms with van der Waals surface area (Å²) in [6.07, 6.45) is 0.476. The topological polar surface area (TPSA) is 29.5 Å². The number of benzene rings is 1. The fraction of sp³-hybridized carbons (Fsp3) is 0.455. The predicted octanol–water partition coefficient (Wildman–Crippen LogP) is 1.16. The summed E-state index contributed by atoms with van der Waals surface area (Å²) < 4.78 is 18.1. The molecule has 1 rings (SSSR count). The Morgan fingerprint density at radius 2 is 2.07 bits per heavy atom. The average Bonchev–Trinajstić information content (AvgIpc) is 1.99. The Labute approximate surface area is 90.5 Å². The van der Waals surface area contributed by atoms with Crippen LogP contribution in [0.4, 0.5) is 4.39 Å². The Morgan fingerprint density at radius 1 is 1.40 bits per heavy atom. The lowest BCUT2D eigenvalue weighted by molar-refractivity contribution is 0.0553. The van der Waals surface area contributed by atoms with Crippen LogP contribution in [-0.2, 0) is 0 Å². The highest BCUT2D eigenvalue weighted by atomic mass is 19.1. The largest absolute Gasteiger partial charge is 0.493 e. The summed E-state index contributed by atoms with van der Waals surface area (Å²) in [7, 11) is 5.45. The number of aliphatic hydroxyl groups is 1. The van der Waals surface area contributed by atoms with E-state index < -0.39 is 11.4 Å². The van der Waals surface area contributed by atoms with Crippen LogP contribution in [0.25, 0.3) is 0 Å². The van der Waals surface area contributed by atoms with E-state index in [9.17, 15) is 9.50 Å². The van der Waals surface area contributed by atoms with Crippen LogP contribution in [0, 0.1) is 5.82 Å². The average molecular weight is 208 g/mol. The van der Waals surface area contributed by atoms with Gasteiger partial charge in [0, 0.05) is 12.5 Å². The van der Waals surface area contributed by atoms with Gasteiger partial charge in [-0.3, -0.25) is 0 Å². The lowest BCUT2D eigenvalue weighted by Gasteiger charge is -2.17. The summed E-state index contributed by atoms with van der Waals surface area (Å²) in [6.45, 7) is 3.71. The van der Waals surface area contributed by atoms with Gasteiger partial charge in [0.15, 0.2) is 0 Å². The van der Waals surface area contributed by atoms with Gasteiger partial charge in [0.25, 0.3) is 0 Å². The molecule has 80 valence electrons. The molecule has 2 nitrogen and oxygen atoms in total. The lowest BCUT2D eigenvalue weighted by atomic mass is 9.96. The third kappa shape index (κ3) is 4.84. The predicted molar refractivity (Wildman–Crippen MR) is 58.2 cm³/mol. The Morgan fingerprint density at radius 3 is 2.60 bits per heavy atom. The summed E-state index contributed by atoms with van der Waals surface area (Å²) >= 11 is 0. The minimum atomic E-state index is -0.779. The van der Waals surface area contributed by atoms with Gasteiger partial charge in [-0.15, -0.1) is 0 Å². The van der Waals surface area contributed by atoms with Crippen LogP contribution in [0.15, 0.2) is 18.2 Å². The molecular weight excluding hydrogens is 194 g/mol. The fourth-order valence-electron chi connectivity index (χ4n) is 1.09. The van der Waals surface area contributed by atoms with E-state index in [2.05, 4.69) is 0 Å². The molecule has 2 radical (unpaired) electrons. The molecule has 1 N–H and O–H groups in total. The molecule has 0 aliphatic carbocycles. The van der Waals surface area contributed by atoms with Gasteiger partial charge in [-0.25, -0.2) is 4.39 Å². The van der Waals surface area contributed by atoms with Crippen molar-refractivity contribution in [2.45, 2.75) is 25.9 Å². The molecule has 1 aromatic carbocycles. The van der Waals surface area contributed by atoms with Gasteiger partial charge < -0.3 is 9.84 Å². The van der Waals surface area contributed by atoms with Gasteiger partial charge in [-0.05, 0) is 26.0 Å². The van der Waals surface area contributed by atoms with E-state index >= 15 is 0 Å². The maximum absolute atomic E-state index is 12.9. The normalized spacial score (nSPS) is 11.5. The van der Waals surface area contributed by atoms with E-state index in [1.165, 1.54) is 12.1 Å². The van der Waals surface area contributed by atoms with Crippen LogP contribution < -0.4 is 10.2 Å². The van der Waals surface area contributed by atoms with Crippen LogP contribution in [0.1, 0.15) is 20.3 Å². The summed E-state index contributed by atoms with van der Waals surface area (Å²) in [6, 6.07) is 4.04. The highest BCUT2D eigenvalue weighted by Gasteiger charge is 2.12. The number of ether oxygens (including phenoxy) is 1. The second-order valence-corrected chi connectivity index (χ2v) is 4.13. The Balaban J connectivity index is 2.51. The van der Waals surface area contributed by atoms with Gasteiger partial charge in [-0.2, -0.15) is 0 Å². The van der Waals surface area contributed by atoms with Crippen LogP contribution >= 0.6 is 0 Å². The molecule has 0 fully saturated rings. The Kier molecular flexibility index (Phi) is 3.74. The molecule has 0 aliphatic heterocycles. The third-order valence-electron chi connectivity index (χ3n) is 1.88. The van der Waals surface area contributed by atoms with Crippen molar-refractivity contribution in [3.05, 3.63) is 24.0 Å². The van der Waals surface area contributed by atoms with E-state index in [1.807, 2.05) is 0 Å².